The molecule has 0 spiro atoms. The van der Waals surface area contributed by atoms with Gasteiger partial charge in [-0.1, -0.05) is 11.6 Å². The summed E-state index contributed by atoms with van der Waals surface area (Å²) < 4.78 is 69.8. The lowest BCUT2D eigenvalue weighted by atomic mass is 10.2. The van der Waals surface area contributed by atoms with Crippen molar-refractivity contribution in [3.8, 4) is 5.75 Å². The molecule has 1 aliphatic rings. The summed E-state index contributed by atoms with van der Waals surface area (Å²) in [6.45, 7) is -1.04. The summed E-state index contributed by atoms with van der Waals surface area (Å²) in [5, 5.41) is -0.0523. The van der Waals surface area contributed by atoms with Gasteiger partial charge >= 0.3 is 12.1 Å². The van der Waals surface area contributed by atoms with E-state index in [1.165, 1.54) is 12.1 Å². The minimum Gasteiger partial charge on any atom is -0.480 e. The molecule has 4 nitrogen and oxygen atoms in total. The summed E-state index contributed by atoms with van der Waals surface area (Å²) >= 11 is 5.63. The number of nitrogens with zero attached hydrogens (tertiary/aromatic N) is 2. The number of aromatic nitrogens is 1. The zero-order valence-corrected chi connectivity index (χ0v) is 11.9. The van der Waals surface area contributed by atoms with Crippen LogP contribution in [0.1, 0.15) is 12.6 Å². The topological polar surface area (TPSA) is 42.4 Å². The molecule has 22 heavy (non-hydrogen) atoms. The van der Waals surface area contributed by atoms with Gasteiger partial charge in [-0.3, -0.25) is 4.79 Å². The predicted octanol–water partition coefficient (Wildman–Crippen LogP) is 3.04. The molecule has 1 aliphatic heterocycles. The van der Waals surface area contributed by atoms with E-state index >= 15 is 0 Å². The van der Waals surface area contributed by atoms with Gasteiger partial charge in [0.15, 0.2) is 6.10 Å². The largest absolute Gasteiger partial charge is 0.480 e. The summed E-state index contributed by atoms with van der Waals surface area (Å²) in [4.78, 5) is 15.4. The Hall–Kier alpha value is -1.64. The number of rotatable bonds is 1. The van der Waals surface area contributed by atoms with Crippen LogP contribution >= 0.6 is 11.6 Å². The molecule has 0 saturated carbocycles. The molecule has 2 rings (SSSR count). The third-order valence-corrected chi connectivity index (χ3v) is 3.20. The third kappa shape index (κ3) is 3.57. The molecule has 0 fully saturated rings. The number of halogens is 6. The number of hydrogen-bond acceptors (Lipinski definition) is 3. The van der Waals surface area contributed by atoms with E-state index in [1.54, 1.807) is 0 Å². The first-order chi connectivity index (χ1) is 9.98. The molecule has 1 amide bonds. The predicted molar refractivity (Wildman–Crippen MR) is 65.8 cm³/mol. The maximum absolute atomic E-state index is 13.5. The van der Waals surface area contributed by atoms with Crippen molar-refractivity contribution in [1.29, 1.82) is 0 Å². The van der Waals surface area contributed by atoms with E-state index < -0.39 is 37.2 Å². The van der Waals surface area contributed by atoms with E-state index in [1.807, 2.05) is 0 Å². The van der Waals surface area contributed by atoms with E-state index in [0.717, 1.165) is 0 Å². The van der Waals surface area contributed by atoms with Crippen LogP contribution in [0, 0.1) is 0 Å². The molecule has 0 unspecified atom stereocenters. The molecule has 0 bridgehead atoms. The number of fused-ring (bicyclic) bond motifs is 1. The van der Waals surface area contributed by atoms with E-state index in [9.17, 15) is 26.7 Å². The molecule has 1 aromatic rings. The molecular formula is C12H10ClF5N2O2. The maximum Gasteiger partial charge on any atom is 0.471 e. The van der Waals surface area contributed by atoms with E-state index in [4.69, 9.17) is 16.3 Å². The number of hydrogen-bond donors (Lipinski definition) is 0. The first-order valence-electron chi connectivity index (χ1n) is 6.04. The maximum atomic E-state index is 13.5. The van der Waals surface area contributed by atoms with Crippen molar-refractivity contribution in [2.45, 2.75) is 31.7 Å². The second-order valence-electron chi connectivity index (χ2n) is 4.83. The second kappa shape index (κ2) is 5.53. The lowest BCUT2D eigenvalue weighted by Gasteiger charge is -2.27. The molecule has 1 aromatic heterocycles. The molecule has 1 atom stereocenters. The number of pyridine rings is 1. The van der Waals surface area contributed by atoms with Crippen LogP contribution in [0.3, 0.4) is 0 Å². The van der Waals surface area contributed by atoms with Gasteiger partial charge < -0.3 is 9.64 Å². The number of carbonyl (C=O) groups is 1. The van der Waals surface area contributed by atoms with Crippen molar-refractivity contribution < 1.29 is 31.5 Å². The Kier molecular flexibility index (Phi) is 4.20. The Morgan fingerprint density at radius 1 is 1.36 bits per heavy atom. The summed E-state index contributed by atoms with van der Waals surface area (Å²) in [5.74, 6) is -5.82. The van der Waals surface area contributed by atoms with Crippen LogP contribution < -0.4 is 4.74 Å². The number of ether oxygens (including phenoxy) is 1. The van der Waals surface area contributed by atoms with Gasteiger partial charge in [0.25, 0.3) is 5.92 Å². The van der Waals surface area contributed by atoms with Crippen molar-refractivity contribution in [2.24, 2.45) is 0 Å². The highest BCUT2D eigenvalue weighted by Crippen LogP contribution is 2.32. The molecule has 0 aliphatic carbocycles. The van der Waals surface area contributed by atoms with Crippen LogP contribution in [-0.4, -0.2) is 40.5 Å². The fourth-order valence-electron chi connectivity index (χ4n) is 1.92. The number of alkyl halides is 5. The Bertz CT molecular complexity index is 588. The summed E-state index contributed by atoms with van der Waals surface area (Å²) in [6, 6.07) is 2.48. The molecule has 122 valence electrons. The Labute approximate surface area is 126 Å². The van der Waals surface area contributed by atoms with E-state index in [2.05, 4.69) is 4.98 Å². The van der Waals surface area contributed by atoms with Crippen LogP contribution in [0.2, 0.25) is 5.15 Å². The zero-order valence-electron chi connectivity index (χ0n) is 11.1. The first-order valence-corrected chi connectivity index (χ1v) is 6.42. The number of carbonyl (C=O) groups excluding carboxylic acids is 1. The molecule has 0 radical (unpaired) electrons. The van der Waals surface area contributed by atoms with Crippen LogP contribution in [0.5, 0.6) is 5.75 Å². The van der Waals surface area contributed by atoms with E-state index in [0.29, 0.717) is 6.92 Å². The molecule has 0 aromatic carbocycles. The van der Waals surface area contributed by atoms with Gasteiger partial charge in [-0.15, -0.1) is 0 Å². The van der Waals surface area contributed by atoms with Gasteiger partial charge in [0.05, 0.1) is 13.1 Å². The smallest absolute Gasteiger partial charge is 0.471 e. The van der Waals surface area contributed by atoms with Crippen molar-refractivity contribution in [3.63, 3.8) is 0 Å². The Balaban J connectivity index is 2.42. The van der Waals surface area contributed by atoms with E-state index in [-0.39, 0.29) is 21.5 Å². The SMILES string of the molecule is CC(F)(F)[C@@H]1CN(C(=O)C(F)(F)F)Cc2nc(Cl)ccc2O1. The van der Waals surface area contributed by atoms with Crippen molar-refractivity contribution in [2.75, 3.05) is 6.54 Å². The standard InChI is InChI=1S/C12H10ClF5N2O2/c1-11(14,15)8-5-20(10(21)12(16,17)18)4-6-7(22-8)2-3-9(13)19-6/h2-3,8H,4-5H2,1H3/t8-/m0/s1. The van der Waals surface area contributed by atoms with Crippen LogP contribution in [0.4, 0.5) is 22.0 Å². The summed E-state index contributed by atoms with van der Waals surface area (Å²) in [7, 11) is 0. The average molecular weight is 345 g/mol. The van der Waals surface area contributed by atoms with Gasteiger partial charge in [-0.2, -0.15) is 13.2 Å². The average Bonchev–Trinajstić information content (AvgIpc) is 2.54. The highest BCUT2D eigenvalue weighted by molar-refractivity contribution is 6.29. The summed E-state index contributed by atoms with van der Waals surface area (Å²) in [6.07, 6.45) is -7.11. The van der Waals surface area contributed by atoms with Crippen LogP contribution in [0.15, 0.2) is 12.1 Å². The monoisotopic (exact) mass is 344 g/mol. The zero-order chi connectivity index (χ0) is 16.7. The normalized spacial score (nSPS) is 19.2. The minimum atomic E-state index is -5.18. The Morgan fingerprint density at radius 3 is 2.55 bits per heavy atom. The second-order valence-corrected chi connectivity index (χ2v) is 5.21. The summed E-state index contributed by atoms with van der Waals surface area (Å²) in [5.41, 5.74) is -0.114. The van der Waals surface area contributed by atoms with Crippen LogP contribution in [0.25, 0.3) is 0 Å². The molecule has 0 N–H and O–H groups in total. The van der Waals surface area contributed by atoms with Crippen LogP contribution in [-0.2, 0) is 11.3 Å². The van der Waals surface area contributed by atoms with Crippen molar-refractivity contribution >= 4 is 17.5 Å². The number of amides is 1. The van der Waals surface area contributed by atoms with Gasteiger partial charge in [0.1, 0.15) is 16.6 Å². The molecule has 10 heteroatoms. The van der Waals surface area contributed by atoms with Crippen molar-refractivity contribution in [1.82, 2.24) is 9.88 Å². The fraction of sp³-hybridized carbons (Fsp3) is 0.500. The molecule has 0 saturated heterocycles. The van der Waals surface area contributed by atoms with Gasteiger partial charge in [-0.25, -0.2) is 13.8 Å². The Morgan fingerprint density at radius 2 is 2.00 bits per heavy atom. The highest BCUT2D eigenvalue weighted by atomic mass is 35.5. The van der Waals surface area contributed by atoms with Gasteiger partial charge in [0.2, 0.25) is 0 Å². The highest BCUT2D eigenvalue weighted by Gasteiger charge is 2.47. The first kappa shape index (κ1) is 16.7. The lowest BCUT2D eigenvalue weighted by molar-refractivity contribution is -0.188. The minimum absolute atomic E-state index is 0.0523. The lowest BCUT2D eigenvalue weighted by Crippen LogP contribution is -2.49. The molecular weight excluding hydrogens is 335 g/mol. The van der Waals surface area contributed by atoms with Gasteiger partial charge in [-0.05, 0) is 12.1 Å². The van der Waals surface area contributed by atoms with Crippen molar-refractivity contribution in [3.05, 3.63) is 23.0 Å². The van der Waals surface area contributed by atoms with Gasteiger partial charge in [0, 0.05) is 6.92 Å². The fourth-order valence-corrected chi connectivity index (χ4v) is 2.08. The third-order valence-electron chi connectivity index (χ3n) is 2.99. The quantitative estimate of drug-likeness (QED) is 0.581. The molecule has 2 heterocycles.